The highest BCUT2D eigenvalue weighted by molar-refractivity contribution is 5.08. The molecule has 3 rings (SSSR count). The maximum atomic E-state index is 4.30. The molecule has 0 saturated heterocycles. The number of fused-ring (bicyclic) bond motifs is 1. The molecule has 0 radical (unpaired) electrons. The van der Waals surface area contributed by atoms with Crippen molar-refractivity contribution in [1.82, 2.24) is 24.6 Å². The largest absolute Gasteiger partial charge is 0.353 e. The number of rotatable bonds is 4. The first-order valence-corrected chi connectivity index (χ1v) is 6.51. The van der Waals surface area contributed by atoms with E-state index >= 15 is 0 Å². The minimum absolute atomic E-state index is 0.235. The normalized spacial score (nSPS) is 15.9. The molecule has 0 spiro atoms. The Bertz CT molecular complexity index is 539. The molecule has 0 bridgehead atoms. The fraction of sp³-hybridized carbons (Fsp3) is 0.538. The van der Waals surface area contributed by atoms with Crippen molar-refractivity contribution in [2.24, 2.45) is 7.05 Å². The molecule has 0 aromatic carbocycles. The van der Waals surface area contributed by atoms with Gasteiger partial charge in [0, 0.05) is 38.4 Å². The molecule has 0 aliphatic carbocycles. The lowest BCUT2D eigenvalue weighted by Crippen LogP contribution is -2.22. The van der Waals surface area contributed by atoms with Gasteiger partial charge >= 0.3 is 0 Å². The molecule has 1 aliphatic rings. The lowest BCUT2D eigenvalue weighted by atomic mass is 10.3. The summed E-state index contributed by atoms with van der Waals surface area (Å²) in [6.07, 6.45) is 4.33. The van der Waals surface area contributed by atoms with Crippen molar-refractivity contribution >= 4 is 0 Å². The molecule has 18 heavy (non-hydrogen) atoms. The number of aromatic nitrogens is 4. The van der Waals surface area contributed by atoms with E-state index in [9.17, 15) is 0 Å². The van der Waals surface area contributed by atoms with E-state index in [-0.39, 0.29) is 6.04 Å². The van der Waals surface area contributed by atoms with Crippen molar-refractivity contribution in [3.8, 4) is 0 Å². The monoisotopic (exact) mass is 245 g/mol. The van der Waals surface area contributed by atoms with Gasteiger partial charge in [-0.05, 0) is 25.5 Å². The van der Waals surface area contributed by atoms with Gasteiger partial charge in [0.2, 0.25) is 0 Å². The topological polar surface area (TPSA) is 47.7 Å². The van der Waals surface area contributed by atoms with Crippen LogP contribution in [-0.2, 0) is 26.6 Å². The number of hydrogen-bond acceptors (Lipinski definition) is 3. The van der Waals surface area contributed by atoms with Gasteiger partial charge in [-0.15, -0.1) is 10.2 Å². The lowest BCUT2D eigenvalue weighted by molar-refractivity contribution is 0.506. The zero-order chi connectivity index (χ0) is 12.5. The lowest BCUT2D eigenvalue weighted by Gasteiger charge is -2.14. The second-order valence-electron chi connectivity index (χ2n) is 4.94. The number of hydrogen-bond donors (Lipinski definition) is 1. The van der Waals surface area contributed by atoms with E-state index in [4.69, 9.17) is 0 Å². The van der Waals surface area contributed by atoms with Crippen molar-refractivity contribution in [3.05, 3.63) is 35.7 Å². The number of aryl methyl sites for hydroxylation is 2. The molecule has 2 aromatic rings. The Labute approximate surface area is 107 Å². The predicted molar refractivity (Wildman–Crippen MR) is 69.0 cm³/mol. The van der Waals surface area contributed by atoms with Gasteiger partial charge in [-0.25, -0.2) is 0 Å². The molecule has 5 heteroatoms. The number of nitrogens with one attached hydrogen (secondary N) is 1. The van der Waals surface area contributed by atoms with Gasteiger partial charge in [-0.3, -0.25) is 0 Å². The third kappa shape index (κ3) is 1.95. The Hall–Kier alpha value is -1.62. The average molecular weight is 245 g/mol. The van der Waals surface area contributed by atoms with Crippen LogP contribution >= 0.6 is 0 Å². The van der Waals surface area contributed by atoms with Crippen LogP contribution in [0.2, 0.25) is 0 Å². The minimum Gasteiger partial charge on any atom is -0.353 e. The van der Waals surface area contributed by atoms with E-state index in [1.54, 1.807) is 0 Å². The van der Waals surface area contributed by atoms with Gasteiger partial charge in [0.05, 0.1) is 6.04 Å². The quantitative estimate of drug-likeness (QED) is 0.886. The van der Waals surface area contributed by atoms with Gasteiger partial charge in [0.1, 0.15) is 11.6 Å². The summed E-state index contributed by atoms with van der Waals surface area (Å²) in [7, 11) is 2.07. The summed E-state index contributed by atoms with van der Waals surface area (Å²) in [4.78, 5) is 0. The minimum atomic E-state index is 0.235. The van der Waals surface area contributed by atoms with Gasteiger partial charge in [0.15, 0.2) is 0 Å². The third-order valence-corrected chi connectivity index (χ3v) is 3.67. The molecule has 96 valence electrons. The van der Waals surface area contributed by atoms with E-state index in [1.807, 2.05) is 0 Å². The van der Waals surface area contributed by atoms with Crippen LogP contribution in [0.4, 0.5) is 0 Å². The van der Waals surface area contributed by atoms with Crippen molar-refractivity contribution in [3.63, 3.8) is 0 Å². The molecule has 1 N–H and O–H groups in total. The fourth-order valence-electron chi connectivity index (χ4n) is 2.52. The molecule has 0 saturated carbocycles. The Kier molecular flexibility index (Phi) is 2.91. The third-order valence-electron chi connectivity index (χ3n) is 3.67. The number of nitrogens with zero attached hydrogens (tertiary/aromatic N) is 4. The van der Waals surface area contributed by atoms with Gasteiger partial charge in [-0.2, -0.15) is 0 Å². The molecule has 1 unspecified atom stereocenters. The van der Waals surface area contributed by atoms with E-state index in [2.05, 4.69) is 56.9 Å². The first-order valence-electron chi connectivity index (χ1n) is 6.51. The second-order valence-corrected chi connectivity index (χ2v) is 4.94. The van der Waals surface area contributed by atoms with Crippen molar-refractivity contribution in [2.75, 3.05) is 0 Å². The van der Waals surface area contributed by atoms with Crippen LogP contribution in [0.15, 0.2) is 18.3 Å². The molecule has 2 aromatic heterocycles. The highest BCUT2D eigenvalue weighted by Crippen LogP contribution is 2.19. The maximum Gasteiger partial charge on any atom is 0.149 e. The van der Waals surface area contributed by atoms with Crippen LogP contribution in [0, 0.1) is 0 Å². The fourth-order valence-corrected chi connectivity index (χ4v) is 2.52. The smallest absolute Gasteiger partial charge is 0.149 e. The summed E-state index contributed by atoms with van der Waals surface area (Å²) in [5.41, 5.74) is 1.28. The standard InChI is InChI=1S/C13H19N5/c1-10(14-9-11-5-3-7-17(11)2)13-16-15-12-6-4-8-18(12)13/h3,5,7,10,14H,4,6,8-9H2,1-2H3. The molecule has 5 nitrogen and oxygen atoms in total. The molecule has 3 heterocycles. The average Bonchev–Trinajstić information content (AvgIpc) is 3.01. The van der Waals surface area contributed by atoms with Crippen LogP contribution in [0.3, 0.4) is 0 Å². The van der Waals surface area contributed by atoms with Crippen LogP contribution < -0.4 is 5.32 Å². The summed E-state index contributed by atoms with van der Waals surface area (Å²) in [6.45, 7) is 4.07. The van der Waals surface area contributed by atoms with Gasteiger partial charge < -0.3 is 14.5 Å². The second kappa shape index (κ2) is 4.57. The zero-order valence-corrected chi connectivity index (χ0v) is 10.9. The van der Waals surface area contributed by atoms with Crippen LogP contribution in [-0.4, -0.2) is 19.3 Å². The summed E-state index contributed by atoms with van der Waals surface area (Å²) in [5, 5.41) is 12.1. The summed E-state index contributed by atoms with van der Waals surface area (Å²) < 4.78 is 4.39. The van der Waals surface area contributed by atoms with Gasteiger partial charge in [0.25, 0.3) is 0 Å². The van der Waals surface area contributed by atoms with E-state index in [0.717, 1.165) is 31.2 Å². The van der Waals surface area contributed by atoms with Crippen molar-refractivity contribution < 1.29 is 0 Å². The highest BCUT2D eigenvalue weighted by Gasteiger charge is 2.20. The molecular formula is C13H19N5. The Morgan fingerprint density at radius 2 is 2.33 bits per heavy atom. The van der Waals surface area contributed by atoms with E-state index in [1.165, 1.54) is 12.1 Å². The Balaban J connectivity index is 1.68. The zero-order valence-electron chi connectivity index (χ0n) is 10.9. The molecule has 0 amide bonds. The molecule has 0 fully saturated rings. The highest BCUT2D eigenvalue weighted by atomic mass is 15.3. The summed E-state index contributed by atoms with van der Waals surface area (Å²) in [6, 6.07) is 4.43. The first kappa shape index (κ1) is 11.5. The molecule has 1 atom stereocenters. The van der Waals surface area contributed by atoms with Crippen LogP contribution in [0.5, 0.6) is 0 Å². The Morgan fingerprint density at radius 1 is 1.44 bits per heavy atom. The molecular weight excluding hydrogens is 226 g/mol. The van der Waals surface area contributed by atoms with E-state index < -0.39 is 0 Å². The predicted octanol–water partition coefficient (Wildman–Crippen LogP) is 1.41. The van der Waals surface area contributed by atoms with Crippen LogP contribution in [0.25, 0.3) is 0 Å². The SMILES string of the molecule is CC(NCc1cccn1C)c1nnc2n1CCC2. The van der Waals surface area contributed by atoms with E-state index in [0.29, 0.717) is 0 Å². The first-order chi connectivity index (χ1) is 8.75. The molecule has 1 aliphatic heterocycles. The summed E-state index contributed by atoms with van der Waals surface area (Å²) >= 11 is 0. The van der Waals surface area contributed by atoms with Crippen molar-refractivity contribution in [2.45, 2.75) is 38.9 Å². The maximum absolute atomic E-state index is 4.30. The van der Waals surface area contributed by atoms with Crippen molar-refractivity contribution in [1.29, 1.82) is 0 Å². The van der Waals surface area contributed by atoms with Gasteiger partial charge in [-0.1, -0.05) is 0 Å². The van der Waals surface area contributed by atoms with Crippen LogP contribution in [0.1, 0.15) is 36.7 Å². The summed E-state index contributed by atoms with van der Waals surface area (Å²) in [5.74, 6) is 2.20. The Morgan fingerprint density at radius 3 is 3.11 bits per heavy atom.